The number of carbonyl (C=O) groups is 1. The van der Waals surface area contributed by atoms with E-state index >= 15 is 0 Å². The van der Waals surface area contributed by atoms with E-state index in [-0.39, 0.29) is 12.8 Å². The van der Waals surface area contributed by atoms with Crippen molar-refractivity contribution < 1.29 is 9.53 Å². The van der Waals surface area contributed by atoms with Crippen molar-refractivity contribution in [3.8, 4) is 0 Å². The number of ether oxygens (including phenoxy) is 1. The highest BCUT2D eigenvalue weighted by Crippen LogP contribution is 2.25. The van der Waals surface area contributed by atoms with Crippen LogP contribution in [0.2, 0.25) is 6.04 Å². The first kappa shape index (κ1) is 11.9. The zero-order valence-electron chi connectivity index (χ0n) is 7.12. The van der Waals surface area contributed by atoms with Gasteiger partial charge in [0.15, 0.2) is 6.73 Å². The highest BCUT2D eigenvalue weighted by atomic mass is 35.8. The maximum Gasteiger partial charge on any atom is 0.352 e. The zero-order valence-corrected chi connectivity index (χ0v) is 10.4. The van der Waals surface area contributed by atoms with E-state index in [2.05, 4.69) is 0 Å². The van der Waals surface area contributed by atoms with Crippen LogP contribution >= 0.6 is 33.2 Å². The van der Waals surface area contributed by atoms with Gasteiger partial charge in [-0.05, 0) is 12.1 Å². The molecule has 14 heavy (non-hydrogen) atoms. The Morgan fingerprint density at radius 3 is 2.36 bits per heavy atom. The third-order valence-electron chi connectivity index (χ3n) is 1.39. The molecule has 78 valence electrons. The van der Waals surface area contributed by atoms with Crippen LogP contribution in [0.5, 0.6) is 0 Å². The molecular formula is C7H8Cl3NO2Si. The number of aromatic nitrogens is 1. The van der Waals surface area contributed by atoms with Crippen LogP contribution in [0.1, 0.15) is 0 Å². The van der Waals surface area contributed by atoms with E-state index < -0.39 is 12.0 Å². The van der Waals surface area contributed by atoms with E-state index in [9.17, 15) is 4.79 Å². The minimum Gasteiger partial charge on any atom is -0.444 e. The van der Waals surface area contributed by atoms with Crippen LogP contribution in [0.3, 0.4) is 0 Å². The predicted molar refractivity (Wildman–Crippen MR) is 58.6 cm³/mol. The molecule has 0 aliphatic heterocycles. The van der Waals surface area contributed by atoms with Crippen LogP contribution < -0.4 is 0 Å². The molecule has 0 radical (unpaired) electrons. The summed E-state index contributed by atoms with van der Waals surface area (Å²) in [5, 5.41) is 0. The normalized spacial score (nSPS) is 11.4. The molecule has 0 amide bonds. The Labute approximate surface area is 96.6 Å². The van der Waals surface area contributed by atoms with Crippen LogP contribution in [0.15, 0.2) is 24.5 Å². The molecule has 7 heteroatoms. The van der Waals surface area contributed by atoms with Crippen molar-refractivity contribution in [2.75, 3.05) is 0 Å². The number of esters is 1. The first-order valence-corrected chi connectivity index (χ1v) is 9.05. The minimum absolute atomic E-state index is 0.112. The summed E-state index contributed by atoms with van der Waals surface area (Å²) in [6, 6.07) is 0.640. The lowest BCUT2D eigenvalue weighted by molar-refractivity contribution is -0.144. The van der Waals surface area contributed by atoms with Gasteiger partial charge >= 0.3 is 12.0 Å². The van der Waals surface area contributed by atoms with Gasteiger partial charge in [0, 0.05) is 12.4 Å². The smallest absolute Gasteiger partial charge is 0.352 e. The molecule has 0 saturated heterocycles. The SMILES string of the molecule is O=C(C[Si](Cl)(Cl)Cl)OCn1cccc1. The Bertz CT molecular complexity index is 296. The van der Waals surface area contributed by atoms with Crippen molar-refractivity contribution in [2.45, 2.75) is 12.8 Å². The fraction of sp³-hybridized carbons (Fsp3) is 0.286. The van der Waals surface area contributed by atoms with Crippen LogP contribution in [0, 0.1) is 0 Å². The summed E-state index contributed by atoms with van der Waals surface area (Å²) < 4.78 is 6.57. The number of halogens is 3. The summed E-state index contributed by atoms with van der Waals surface area (Å²) in [4.78, 5) is 11.1. The fourth-order valence-electron chi connectivity index (χ4n) is 0.817. The summed E-state index contributed by atoms with van der Waals surface area (Å²) in [6.45, 7) is 0.154. The number of rotatable bonds is 4. The third kappa shape index (κ3) is 4.90. The molecule has 0 bridgehead atoms. The molecule has 0 aromatic carbocycles. The molecule has 0 spiro atoms. The Morgan fingerprint density at radius 1 is 1.29 bits per heavy atom. The van der Waals surface area contributed by atoms with Crippen molar-refractivity contribution in [3.63, 3.8) is 0 Å². The largest absolute Gasteiger partial charge is 0.444 e. The summed E-state index contributed by atoms with van der Waals surface area (Å²) in [5.41, 5.74) is 0. The van der Waals surface area contributed by atoms with E-state index in [4.69, 9.17) is 38.0 Å². The van der Waals surface area contributed by atoms with Gasteiger partial charge in [0.05, 0.1) is 6.04 Å². The Kier molecular flexibility index (Phi) is 4.31. The second-order valence-electron chi connectivity index (χ2n) is 2.63. The van der Waals surface area contributed by atoms with Gasteiger partial charge in [0.1, 0.15) is 0 Å². The summed E-state index contributed by atoms with van der Waals surface area (Å²) >= 11 is 16.7. The van der Waals surface area contributed by atoms with Gasteiger partial charge in [-0.15, -0.1) is 33.2 Å². The van der Waals surface area contributed by atoms with Crippen LogP contribution in [-0.2, 0) is 16.3 Å². The topological polar surface area (TPSA) is 31.2 Å². The highest BCUT2D eigenvalue weighted by molar-refractivity contribution is 7.65. The average Bonchev–Trinajstić information content (AvgIpc) is 2.49. The van der Waals surface area contributed by atoms with Crippen LogP contribution in [0.25, 0.3) is 0 Å². The predicted octanol–water partition coefficient (Wildman–Crippen LogP) is 2.64. The lowest BCUT2D eigenvalue weighted by Crippen LogP contribution is -2.18. The molecule has 0 aliphatic rings. The molecule has 3 nitrogen and oxygen atoms in total. The Balaban J connectivity index is 2.29. The molecule has 0 unspecified atom stereocenters. The summed E-state index contributed by atoms with van der Waals surface area (Å²) in [6.07, 6.45) is 3.56. The second-order valence-corrected chi connectivity index (χ2v) is 11.8. The number of hydrogen-bond acceptors (Lipinski definition) is 2. The van der Waals surface area contributed by atoms with Gasteiger partial charge in [-0.25, -0.2) is 0 Å². The molecule has 0 atom stereocenters. The van der Waals surface area contributed by atoms with Crippen molar-refractivity contribution >= 4 is 45.2 Å². The molecule has 0 aliphatic carbocycles. The number of nitrogens with zero attached hydrogens (tertiary/aromatic N) is 1. The van der Waals surface area contributed by atoms with Crippen molar-refractivity contribution in [2.24, 2.45) is 0 Å². The summed E-state index contributed by atoms with van der Waals surface area (Å²) in [7, 11) is 0. The molecule has 0 fully saturated rings. The highest BCUT2D eigenvalue weighted by Gasteiger charge is 2.29. The number of hydrogen-bond donors (Lipinski definition) is 0. The van der Waals surface area contributed by atoms with Gasteiger partial charge in [-0.2, -0.15) is 0 Å². The van der Waals surface area contributed by atoms with Gasteiger partial charge in [0.25, 0.3) is 0 Å². The number of carbonyl (C=O) groups excluding carboxylic acids is 1. The molecule has 1 aromatic heterocycles. The van der Waals surface area contributed by atoms with Gasteiger partial charge in [0.2, 0.25) is 0 Å². The molecule has 0 N–H and O–H groups in total. The first-order valence-electron chi connectivity index (χ1n) is 3.80. The van der Waals surface area contributed by atoms with Crippen LogP contribution in [0.4, 0.5) is 0 Å². The molecule has 0 saturated carbocycles. The second kappa shape index (κ2) is 5.07. The van der Waals surface area contributed by atoms with Crippen molar-refractivity contribution in [1.29, 1.82) is 0 Å². The maximum atomic E-state index is 11.1. The Morgan fingerprint density at radius 2 is 1.86 bits per heavy atom. The van der Waals surface area contributed by atoms with E-state index in [0.29, 0.717) is 0 Å². The molecular weight excluding hydrogens is 265 g/mol. The van der Waals surface area contributed by atoms with Gasteiger partial charge < -0.3 is 9.30 Å². The van der Waals surface area contributed by atoms with E-state index in [1.165, 1.54) is 0 Å². The first-order chi connectivity index (χ1) is 6.47. The van der Waals surface area contributed by atoms with Gasteiger partial charge in [-0.3, -0.25) is 4.79 Å². The van der Waals surface area contributed by atoms with Crippen LogP contribution in [-0.4, -0.2) is 16.5 Å². The standard InChI is InChI=1S/C7H8Cl3NO2Si/c8-14(9,10)5-7(12)13-6-11-3-1-2-4-11/h1-4H,5-6H2. The monoisotopic (exact) mass is 271 g/mol. The lowest BCUT2D eigenvalue weighted by Gasteiger charge is -2.08. The maximum absolute atomic E-state index is 11.1. The van der Waals surface area contributed by atoms with Crippen molar-refractivity contribution in [3.05, 3.63) is 24.5 Å². The van der Waals surface area contributed by atoms with Gasteiger partial charge in [-0.1, -0.05) is 0 Å². The molecule has 1 heterocycles. The lowest BCUT2D eigenvalue weighted by atomic mass is 10.7. The van der Waals surface area contributed by atoms with E-state index in [0.717, 1.165) is 0 Å². The minimum atomic E-state index is -2.91. The fourth-order valence-corrected chi connectivity index (χ4v) is 2.23. The van der Waals surface area contributed by atoms with E-state index in [1.807, 2.05) is 12.1 Å². The summed E-state index contributed by atoms with van der Waals surface area (Å²) in [5.74, 6) is -0.481. The van der Waals surface area contributed by atoms with E-state index in [1.54, 1.807) is 17.0 Å². The molecule has 1 aromatic rings. The zero-order chi connectivity index (χ0) is 10.6. The molecule has 1 rings (SSSR count). The quantitative estimate of drug-likeness (QED) is 0.479. The van der Waals surface area contributed by atoms with Crippen molar-refractivity contribution in [1.82, 2.24) is 4.57 Å². The third-order valence-corrected chi connectivity index (χ3v) is 3.28. The average molecular weight is 273 g/mol. The Hall–Kier alpha value is -0.163.